The van der Waals surface area contributed by atoms with Crippen LogP contribution in [0.3, 0.4) is 0 Å². The van der Waals surface area contributed by atoms with Gasteiger partial charge in [0.05, 0.1) is 13.6 Å². The molecule has 0 amide bonds. The molecular formula is C10H15Cl3N2Zn. The standard InChI is InChI=1S/C10H14N2.3ClH.Zn/c1-12-7-3-5-10(12)9-4-2-6-11-8-9;;;;/h2,4,6,8,10H,3,5,7H2,1H3;3*1H;/q;;;;+2/p-2/t10-;;;;/m0..../s1. The molecule has 1 aromatic heterocycles. The molecule has 1 aliphatic rings. The molecule has 2 nitrogen and oxygen atoms in total. The van der Waals surface area contributed by atoms with Gasteiger partial charge in [-0.1, -0.05) is 6.07 Å². The third-order valence-electron chi connectivity index (χ3n) is 2.75. The van der Waals surface area contributed by atoms with E-state index in [1.807, 2.05) is 18.5 Å². The number of rotatable bonds is 1. The fraction of sp³-hybridized carbons (Fsp3) is 0.500. The molecule has 1 unspecified atom stereocenters. The van der Waals surface area contributed by atoms with E-state index in [-0.39, 0.29) is 56.7 Å². The molecule has 0 saturated carbocycles. The molecule has 1 N–H and O–H groups in total. The maximum Gasteiger partial charge on any atom is 2.00 e. The van der Waals surface area contributed by atoms with Crippen LogP contribution in [0.15, 0.2) is 24.5 Å². The predicted octanol–water partition coefficient (Wildman–Crippen LogP) is -8.56. The SMILES string of the molecule is C[NH+]1CCC[C@H]1c1cccnc1.[Cl-].[Cl-].[Cl-].[Zn+2]. The van der Waals surface area contributed by atoms with Crippen LogP contribution in [0.5, 0.6) is 0 Å². The second kappa shape index (κ2) is 10.7. The van der Waals surface area contributed by atoms with Crippen LogP contribution in [-0.4, -0.2) is 18.6 Å². The molecule has 2 heterocycles. The van der Waals surface area contributed by atoms with Crippen LogP contribution in [0.25, 0.3) is 0 Å². The third-order valence-corrected chi connectivity index (χ3v) is 2.75. The van der Waals surface area contributed by atoms with Crippen LogP contribution in [0, 0.1) is 0 Å². The summed E-state index contributed by atoms with van der Waals surface area (Å²) in [5.41, 5.74) is 1.40. The van der Waals surface area contributed by atoms with Gasteiger partial charge in [-0.2, -0.15) is 0 Å². The van der Waals surface area contributed by atoms with E-state index in [1.165, 1.54) is 24.9 Å². The van der Waals surface area contributed by atoms with Gasteiger partial charge in [0.25, 0.3) is 0 Å². The van der Waals surface area contributed by atoms with E-state index in [9.17, 15) is 0 Å². The summed E-state index contributed by atoms with van der Waals surface area (Å²) in [6, 6.07) is 4.91. The van der Waals surface area contributed by atoms with Gasteiger partial charge in [-0.15, -0.1) is 0 Å². The van der Waals surface area contributed by atoms with Gasteiger partial charge in [0.15, 0.2) is 0 Å². The van der Waals surface area contributed by atoms with Gasteiger partial charge in [0.2, 0.25) is 0 Å². The molecule has 0 aromatic carbocycles. The summed E-state index contributed by atoms with van der Waals surface area (Å²) in [6.07, 6.45) is 6.51. The van der Waals surface area contributed by atoms with Gasteiger partial charge in [0.1, 0.15) is 6.04 Å². The minimum absolute atomic E-state index is 0. The Morgan fingerprint density at radius 2 is 2.00 bits per heavy atom. The van der Waals surface area contributed by atoms with E-state index in [1.54, 1.807) is 4.90 Å². The van der Waals surface area contributed by atoms with Crippen molar-refractivity contribution < 1.29 is 61.6 Å². The summed E-state index contributed by atoms with van der Waals surface area (Å²) in [7, 11) is 2.27. The van der Waals surface area contributed by atoms with Crippen LogP contribution in [0.1, 0.15) is 24.4 Å². The average Bonchev–Trinajstić information content (AvgIpc) is 2.53. The summed E-state index contributed by atoms with van der Waals surface area (Å²) >= 11 is 0. The van der Waals surface area contributed by atoms with Crippen LogP contribution in [0.4, 0.5) is 0 Å². The summed E-state index contributed by atoms with van der Waals surface area (Å²) in [5, 5.41) is 0. The van der Waals surface area contributed by atoms with Crippen molar-refractivity contribution in [2.45, 2.75) is 18.9 Å². The number of likely N-dealkylation sites (tertiary alicyclic amines) is 1. The first kappa shape index (κ1) is 21.8. The topological polar surface area (TPSA) is 17.3 Å². The van der Waals surface area contributed by atoms with Crippen LogP contribution < -0.4 is 42.1 Å². The second-order valence-electron chi connectivity index (χ2n) is 3.58. The summed E-state index contributed by atoms with van der Waals surface area (Å²) in [4.78, 5) is 5.78. The van der Waals surface area contributed by atoms with Crippen molar-refractivity contribution in [3.63, 3.8) is 0 Å². The van der Waals surface area contributed by atoms with E-state index < -0.39 is 0 Å². The predicted molar refractivity (Wildman–Crippen MR) is 48.0 cm³/mol. The fourth-order valence-electron chi connectivity index (χ4n) is 2.04. The molecule has 6 heteroatoms. The maximum absolute atomic E-state index is 4.15. The molecule has 2 atom stereocenters. The van der Waals surface area contributed by atoms with Crippen molar-refractivity contribution in [3.05, 3.63) is 30.1 Å². The van der Waals surface area contributed by atoms with Crippen molar-refractivity contribution in [1.82, 2.24) is 4.98 Å². The second-order valence-corrected chi connectivity index (χ2v) is 3.58. The van der Waals surface area contributed by atoms with Crippen molar-refractivity contribution in [3.8, 4) is 0 Å². The number of quaternary nitrogens is 1. The number of hydrogen-bond donors (Lipinski definition) is 1. The molecular weight excluding hydrogens is 320 g/mol. The Morgan fingerprint density at radius 3 is 2.44 bits per heavy atom. The summed E-state index contributed by atoms with van der Waals surface area (Å²) < 4.78 is 0. The van der Waals surface area contributed by atoms with E-state index >= 15 is 0 Å². The normalized spacial score (nSPS) is 21.8. The van der Waals surface area contributed by atoms with Gasteiger partial charge in [0, 0.05) is 30.8 Å². The zero-order valence-corrected chi connectivity index (χ0v) is 14.5. The first-order valence-electron chi connectivity index (χ1n) is 4.60. The largest absolute Gasteiger partial charge is 2.00 e. The number of nitrogens with one attached hydrogen (secondary N) is 1. The van der Waals surface area contributed by atoms with Gasteiger partial charge < -0.3 is 42.1 Å². The third kappa shape index (κ3) is 5.29. The fourth-order valence-corrected chi connectivity index (χ4v) is 2.04. The Hall–Kier alpha value is 0.603. The van der Waals surface area contributed by atoms with E-state index in [0.29, 0.717) is 6.04 Å². The molecule has 1 aliphatic heterocycles. The van der Waals surface area contributed by atoms with E-state index in [2.05, 4.69) is 18.1 Å². The van der Waals surface area contributed by atoms with Crippen molar-refractivity contribution in [2.75, 3.05) is 13.6 Å². The maximum atomic E-state index is 4.15. The molecule has 0 bridgehead atoms. The Bertz CT molecular complexity index is 262. The van der Waals surface area contributed by atoms with Crippen molar-refractivity contribution in [1.29, 1.82) is 0 Å². The van der Waals surface area contributed by atoms with Crippen molar-refractivity contribution >= 4 is 0 Å². The van der Waals surface area contributed by atoms with Crippen molar-refractivity contribution in [2.24, 2.45) is 0 Å². The Labute approximate surface area is 129 Å². The molecule has 1 saturated heterocycles. The zero-order valence-electron chi connectivity index (χ0n) is 9.30. The first-order valence-corrected chi connectivity index (χ1v) is 4.60. The first-order chi connectivity index (χ1) is 5.88. The molecule has 0 aliphatic carbocycles. The molecule has 2 rings (SSSR count). The van der Waals surface area contributed by atoms with Gasteiger partial charge in [-0.25, -0.2) is 0 Å². The zero-order chi connectivity index (χ0) is 8.39. The van der Waals surface area contributed by atoms with Gasteiger partial charge in [-0.3, -0.25) is 4.98 Å². The number of aromatic nitrogens is 1. The van der Waals surface area contributed by atoms with E-state index in [4.69, 9.17) is 0 Å². The van der Waals surface area contributed by atoms with E-state index in [0.717, 1.165) is 0 Å². The monoisotopic (exact) mass is 332 g/mol. The summed E-state index contributed by atoms with van der Waals surface area (Å²) in [5.74, 6) is 0. The average molecular weight is 335 g/mol. The Kier molecular flexibility index (Phi) is 14.7. The molecule has 0 spiro atoms. The molecule has 1 aromatic rings. The van der Waals surface area contributed by atoms with Crippen LogP contribution in [-0.2, 0) is 19.5 Å². The molecule has 88 valence electrons. The number of halogens is 3. The van der Waals surface area contributed by atoms with Gasteiger partial charge >= 0.3 is 19.5 Å². The molecule has 0 radical (unpaired) electrons. The smallest absolute Gasteiger partial charge is 1.00 e. The molecule has 16 heavy (non-hydrogen) atoms. The number of nitrogens with zero attached hydrogens (tertiary/aromatic N) is 1. The number of hydrogen-bond acceptors (Lipinski definition) is 1. The Morgan fingerprint density at radius 1 is 1.31 bits per heavy atom. The quantitative estimate of drug-likeness (QED) is 0.505. The molecule has 1 fully saturated rings. The van der Waals surface area contributed by atoms with Crippen LogP contribution in [0.2, 0.25) is 0 Å². The number of pyridine rings is 1. The Balaban J connectivity index is -0.000000422. The minimum atomic E-state index is 0. The van der Waals surface area contributed by atoms with Crippen LogP contribution >= 0.6 is 0 Å². The van der Waals surface area contributed by atoms with Gasteiger partial charge in [-0.05, 0) is 6.07 Å². The summed E-state index contributed by atoms with van der Waals surface area (Å²) in [6.45, 7) is 1.31. The minimum Gasteiger partial charge on any atom is -1.00 e.